The second kappa shape index (κ2) is 9.32. The van der Waals surface area contributed by atoms with Gasteiger partial charge >= 0.3 is 0 Å². The van der Waals surface area contributed by atoms with Crippen LogP contribution in [0.25, 0.3) is 11.0 Å². The third kappa shape index (κ3) is 4.67. The molecule has 2 aromatic heterocycles. The van der Waals surface area contributed by atoms with E-state index in [1.54, 1.807) is 36.2 Å². The Morgan fingerprint density at radius 1 is 1.12 bits per heavy atom. The van der Waals surface area contributed by atoms with Gasteiger partial charge in [-0.2, -0.15) is 5.10 Å². The molecule has 1 atom stereocenters. The van der Waals surface area contributed by atoms with Crippen LogP contribution in [-0.4, -0.2) is 30.1 Å². The number of amides is 1. The molecule has 0 aliphatic heterocycles. The molecule has 0 saturated heterocycles. The lowest BCUT2D eigenvalue weighted by molar-refractivity contribution is -0.135. The molecule has 4 rings (SSSR count). The van der Waals surface area contributed by atoms with Crippen LogP contribution in [0.15, 0.2) is 65.8 Å². The molecule has 0 spiro atoms. The van der Waals surface area contributed by atoms with Gasteiger partial charge in [0.15, 0.2) is 5.65 Å². The Kier molecular flexibility index (Phi) is 6.30. The van der Waals surface area contributed by atoms with Gasteiger partial charge in [0, 0.05) is 13.6 Å². The molecule has 0 N–H and O–H groups in total. The number of carbonyl (C=O) groups excluding carboxylic acids is 1. The molecule has 0 aliphatic carbocycles. The zero-order valence-electron chi connectivity index (χ0n) is 18.3. The van der Waals surface area contributed by atoms with Gasteiger partial charge < -0.3 is 4.90 Å². The standard InChI is InChI=1S/C24H23F2N5O2/c1-3-21(17-7-9-18(25)10-8-17)31(13-16-5-4-6-19(26)11-16)22(32)14-30-15-27-23-20(24(30)33)12-28-29(23)2/h4-12,15,21H,3,13-14H2,1-2H3. The summed E-state index contributed by atoms with van der Waals surface area (Å²) in [7, 11) is 1.68. The third-order valence-corrected chi connectivity index (χ3v) is 5.60. The molecular weight excluding hydrogens is 428 g/mol. The molecule has 0 aliphatic rings. The molecule has 2 aromatic carbocycles. The van der Waals surface area contributed by atoms with Crippen LogP contribution in [0.4, 0.5) is 8.78 Å². The lowest BCUT2D eigenvalue weighted by Crippen LogP contribution is -2.38. The number of halogens is 2. The Labute approximate surface area is 188 Å². The van der Waals surface area contributed by atoms with Crippen molar-refractivity contribution in [3.05, 3.63) is 94.2 Å². The van der Waals surface area contributed by atoms with E-state index in [0.717, 1.165) is 5.56 Å². The number of benzene rings is 2. The van der Waals surface area contributed by atoms with Crippen molar-refractivity contribution in [3.63, 3.8) is 0 Å². The average Bonchev–Trinajstić information content (AvgIpc) is 3.18. The maximum absolute atomic E-state index is 13.8. The van der Waals surface area contributed by atoms with Crippen molar-refractivity contribution in [2.45, 2.75) is 32.5 Å². The van der Waals surface area contributed by atoms with Crippen LogP contribution in [0, 0.1) is 11.6 Å². The van der Waals surface area contributed by atoms with Crippen LogP contribution in [0.2, 0.25) is 0 Å². The molecule has 0 radical (unpaired) electrons. The second-order valence-corrected chi connectivity index (χ2v) is 7.81. The van der Waals surface area contributed by atoms with Crippen molar-refractivity contribution in [3.8, 4) is 0 Å². The molecule has 0 saturated carbocycles. The second-order valence-electron chi connectivity index (χ2n) is 7.81. The van der Waals surface area contributed by atoms with E-state index in [-0.39, 0.29) is 30.4 Å². The van der Waals surface area contributed by atoms with Crippen molar-refractivity contribution in [1.29, 1.82) is 0 Å². The summed E-state index contributed by atoms with van der Waals surface area (Å²) in [6.07, 6.45) is 3.29. The fraction of sp³-hybridized carbons (Fsp3) is 0.250. The summed E-state index contributed by atoms with van der Waals surface area (Å²) in [4.78, 5) is 32.2. The number of nitrogens with zero attached hydrogens (tertiary/aromatic N) is 5. The number of aromatic nitrogens is 4. The van der Waals surface area contributed by atoms with Crippen LogP contribution in [0.1, 0.15) is 30.5 Å². The number of fused-ring (bicyclic) bond motifs is 1. The van der Waals surface area contributed by atoms with Crippen molar-refractivity contribution in [2.24, 2.45) is 7.05 Å². The van der Waals surface area contributed by atoms with Gasteiger partial charge in [0.05, 0.1) is 12.2 Å². The number of hydrogen-bond acceptors (Lipinski definition) is 4. The Bertz CT molecular complexity index is 1350. The van der Waals surface area contributed by atoms with Crippen molar-refractivity contribution >= 4 is 16.9 Å². The SMILES string of the molecule is CCC(c1ccc(F)cc1)N(Cc1cccc(F)c1)C(=O)Cn1cnc2c(cnn2C)c1=O. The van der Waals surface area contributed by atoms with Gasteiger partial charge in [0.25, 0.3) is 5.56 Å². The summed E-state index contributed by atoms with van der Waals surface area (Å²) in [5.74, 6) is -1.13. The maximum atomic E-state index is 13.8. The summed E-state index contributed by atoms with van der Waals surface area (Å²) in [6, 6.07) is 11.6. The van der Waals surface area contributed by atoms with Crippen LogP contribution in [0.3, 0.4) is 0 Å². The van der Waals surface area contributed by atoms with E-state index in [4.69, 9.17) is 0 Å². The molecular formula is C24H23F2N5O2. The molecule has 0 fully saturated rings. The topological polar surface area (TPSA) is 73.0 Å². The Hall–Kier alpha value is -3.88. The molecule has 1 amide bonds. The van der Waals surface area contributed by atoms with E-state index in [1.165, 1.54) is 46.0 Å². The largest absolute Gasteiger partial charge is 0.330 e. The quantitative estimate of drug-likeness (QED) is 0.431. The van der Waals surface area contributed by atoms with Gasteiger partial charge in [-0.3, -0.25) is 18.8 Å². The molecule has 9 heteroatoms. The first-order valence-electron chi connectivity index (χ1n) is 10.5. The first-order valence-corrected chi connectivity index (χ1v) is 10.5. The summed E-state index contributed by atoms with van der Waals surface area (Å²) in [6.45, 7) is 1.79. The number of aryl methyl sites for hydroxylation is 1. The third-order valence-electron chi connectivity index (χ3n) is 5.60. The minimum atomic E-state index is -0.405. The van der Waals surface area contributed by atoms with Gasteiger partial charge in [-0.1, -0.05) is 31.2 Å². The molecule has 1 unspecified atom stereocenters. The number of rotatable bonds is 7. The lowest BCUT2D eigenvalue weighted by Gasteiger charge is -2.32. The minimum absolute atomic E-state index is 0.129. The predicted octanol–water partition coefficient (Wildman–Crippen LogP) is 3.59. The summed E-state index contributed by atoms with van der Waals surface area (Å²) < 4.78 is 30.0. The molecule has 7 nitrogen and oxygen atoms in total. The summed E-state index contributed by atoms with van der Waals surface area (Å²) >= 11 is 0. The number of hydrogen-bond donors (Lipinski definition) is 0. The molecule has 0 bridgehead atoms. The van der Waals surface area contributed by atoms with Gasteiger partial charge in [0.1, 0.15) is 29.9 Å². The van der Waals surface area contributed by atoms with E-state index < -0.39 is 11.9 Å². The van der Waals surface area contributed by atoms with Gasteiger partial charge in [-0.15, -0.1) is 0 Å². The first-order chi connectivity index (χ1) is 15.9. The molecule has 33 heavy (non-hydrogen) atoms. The smallest absolute Gasteiger partial charge is 0.264 e. The van der Waals surface area contributed by atoms with E-state index in [0.29, 0.717) is 23.0 Å². The van der Waals surface area contributed by atoms with E-state index >= 15 is 0 Å². The van der Waals surface area contributed by atoms with Crippen LogP contribution < -0.4 is 5.56 Å². The average molecular weight is 451 g/mol. The van der Waals surface area contributed by atoms with Gasteiger partial charge in [-0.25, -0.2) is 13.8 Å². The highest BCUT2D eigenvalue weighted by atomic mass is 19.1. The van der Waals surface area contributed by atoms with E-state index in [1.807, 2.05) is 6.92 Å². The van der Waals surface area contributed by atoms with Crippen LogP contribution in [-0.2, 0) is 24.9 Å². The lowest BCUT2D eigenvalue weighted by atomic mass is 10.0. The molecule has 170 valence electrons. The minimum Gasteiger partial charge on any atom is -0.330 e. The molecule has 2 heterocycles. The number of carbonyl (C=O) groups is 1. The van der Waals surface area contributed by atoms with E-state index in [9.17, 15) is 18.4 Å². The molecule has 4 aromatic rings. The highest BCUT2D eigenvalue weighted by molar-refractivity contribution is 5.78. The highest BCUT2D eigenvalue weighted by Gasteiger charge is 2.25. The summed E-state index contributed by atoms with van der Waals surface area (Å²) in [5.41, 5.74) is 1.41. The van der Waals surface area contributed by atoms with Crippen LogP contribution >= 0.6 is 0 Å². The Balaban J connectivity index is 1.70. The fourth-order valence-electron chi connectivity index (χ4n) is 3.94. The zero-order chi connectivity index (χ0) is 23.5. The Morgan fingerprint density at radius 3 is 2.58 bits per heavy atom. The van der Waals surface area contributed by atoms with E-state index in [2.05, 4.69) is 10.1 Å². The monoisotopic (exact) mass is 451 g/mol. The highest BCUT2D eigenvalue weighted by Crippen LogP contribution is 2.27. The fourth-order valence-corrected chi connectivity index (χ4v) is 3.94. The Morgan fingerprint density at radius 2 is 1.88 bits per heavy atom. The zero-order valence-corrected chi connectivity index (χ0v) is 18.3. The summed E-state index contributed by atoms with van der Waals surface area (Å²) in [5, 5.41) is 4.36. The van der Waals surface area contributed by atoms with Crippen molar-refractivity contribution in [1.82, 2.24) is 24.2 Å². The van der Waals surface area contributed by atoms with Crippen molar-refractivity contribution < 1.29 is 13.6 Å². The van der Waals surface area contributed by atoms with Crippen molar-refractivity contribution in [2.75, 3.05) is 0 Å². The first kappa shape index (κ1) is 22.3. The predicted molar refractivity (Wildman–Crippen MR) is 119 cm³/mol. The normalized spacial score (nSPS) is 12.1. The maximum Gasteiger partial charge on any atom is 0.264 e. The van der Waals surface area contributed by atoms with Gasteiger partial charge in [-0.05, 0) is 41.8 Å². The van der Waals surface area contributed by atoms with Crippen LogP contribution in [0.5, 0.6) is 0 Å². The van der Waals surface area contributed by atoms with Gasteiger partial charge in [0.2, 0.25) is 5.91 Å².